The van der Waals surface area contributed by atoms with Gasteiger partial charge in [0.15, 0.2) is 0 Å². The van der Waals surface area contributed by atoms with Crippen LogP contribution in [0, 0.1) is 0 Å². The second-order valence-corrected chi connectivity index (χ2v) is 5.59. The SMILES string of the molecule is CCc1ccc(-c2ccc(CNC)c(=O)n2C(C)C)cc1. The van der Waals surface area contributed by atoms with Crippen molar-refractivity contribution in [1.29, 1.82) is 0 Å². The van der Waals surface area contributed by atoms with Gasteiger partial charge in [0, 0.05) is 18.2 Å². The number of hydrogen-bond acceptors (Lipinski definition) is 2. The van der Waals surface area contributed by atoms with Crippen molar-refractivity contribution in [2.75, 3.05) is 7.05 Å². The van der Waals surface area contributed by atoms with Crippen molar-refractivity contribution in [2.24, 2.45) is 0 Å². The third kappa shape index (κ3) is 3.24. The largest absolute Gasteiger partial charge is 0.315 e. The molecule has 21 heavy (non-hydrogen) atoms. The lowest BCUT2D eigenvalue weighted by Crippen LogP contribution is -2.28. The lowest BCUT2D eigenvalue weighted by atomic mass is 10.1. The van der Waals surface area contributed by atoms with Crippen LogP contribution in [0.4, 0.5) is 0 Å². The Bertz CT molecular complexity index is 654. The number of benzene rings is 1. The lowest BCUT2D eigenvalue weighted by molar-refractivity contribution is 0.577. The molecule has 1 aromatic carbocycles. The Labute approximate surface area is 126 Å². The van der Waals surface area contributed by atoms with E-state index < -0.39 is 0 Å². The van der Waals surface area contributed by atoms with Crippen LogP contribution in [0.3, 0.4) is 0 Å². The molecule has 1 heterocycles. The summed E-state index contributed by atoms with van der Waals surface area (Å²) in [7, 11) is 1.86. The monoisotopic (exact) mass is 284 g/mol. The summed E-state index contributed by atoms with van der Waals surface area (Å²) in [6.45, 7) is 6.84. The van der Waals surface area contributed by atoms with Gasteiger partial charge in [-0.15, -0.1) is 0 Å². The normalized spacial score (nSPS) is 11.1. The molecule has 0 saturated heterocycles. The second kappa shape index (κ2) is 6.72. The highest BCUT2D eigenvalue weighted by Gasteiger charge is 2.12. The molecule has 112 valence electrons. The highest BCUT2D eigenvalue weighted by Crippen LogP contribution is 2.22. The van der Waals surface area contributed by atoms with Crippen molar-refractivity contribution in [2.45, 2.75) is 39.8 Å². The highest BCUT2D eigenvalue weighted by molar-refractivity contribution is 5.60. The first-order valence-electron chi connectivity index (χ1n) is 7.56. The van der Waals surface area contributed by atoms with Crippen LogP contribution in [-0.2, 0) is 13.0 Å². The molecule has 0 radical (unpaired) electrons. The van der Waals surface area contributed by atoms with E-state index in [4.69, 9.17) is 0 Å². The van der Waals surface area contributed by atoms with E-state index in [1.54, 1.807) is 0 Å². The van der Waals surface area contributed by atoms with Crippen LogP contribution in [-0.4, -0.2) is 11.6 Å². The number of nitrogens with zero attached hydrogens (tertiary/aromatic N) is 1. The number of rotatable bonds is 5. The Morgan fingerprint density at radius 1 is 1.10 bits per heavy atom. The molecule has 2 rings (SSSR count). The van der Waals surface area contributed by atoms with Crippen molar-refractivity contribution < 1.29 is 0 Å². The topological polar surface area (TPSA) is 34.0 Å². The molecule has 2 aromatic rings. The molecule has 1 aromatic heterocycles. The van der Waals surface area contributed by atoms with E-state index in [0.717, 1.165) is 23.2 Å². The van der Waals surface area contributed by atoms with Crippen LogP contribution >= 0.6 is 0 Å². The van der Waals surface area contributed by atoms with Gasteiger partial charge in [0.25, 0.3) is 5.56 Å². The van der Waals surface area contributed by atoms with E-state index >= 15 is 0 Å². The zero-order valence-corrected chi connectivity index (χ0v) is 13.3. The minimum atomic E-state index is 0.0939. The molecule has 0 atom stereocenters. The van der Waals surface area contributed by atoms with Gasteiger partial charge in [-0.1, -0.05) is 37.3 Å². The minimum absolute atomic E-state index is 0.0939. The van der Waals surface area contributed by atoms with Crippen molar-refractivity contribution >= 4 is 0 Å². The Morgan fingerprint density at radius 3 is 2.29 bits per heavy atom. The maximum Gasteiger partial charge on any atom is 0.255 e. The molecule has 0 bridgehead atoms. The van der Waals surface area contributed by atoms with Gasteiger partial charge in [0.05, 0.1) is 5.69 Å². The summed E-state index contributed by atoms with van der Waals surface area (Å²) in [5.74, 6) is 0. The summed E-state index contributed by atoms with van der Waals surface area (Å²) in [5.41, 5.74) is 4.28. The number of hydrogen-bond donors (Lipinski definition) is 1. The van der Waals surface area contributed by atoms with Gasteiger partial charge >= 0.3 is 0 Å². The summed E-state index contributed by atoms with van der Waals surface area (Å²) >= 11 is 0. The Balaban J connectivity index is 2.57. The molecule has 0 amide bonds. The van der Waals surface area contributed by atoms with E-state index in [0.29, 0.717) is 6.54 Å². The average molecular weight is 284 g/mol. The number of pyridine rings is 1. The Kier molecular flexibility index (Phi) is 4.97. The lowest BCUT2D eigenvalue weighted by Gasteiger charge is -2.18. The van der Waals surface area contributed by atoms with E-state index in [1.807, 2.05) is 17.7 Å². The highest BCUT2D eigenvalue weighted by atomic mass is 16.1. The first kappa shape index (κ1) is 15.5. The first-order valence-corrected chi connectivity index (χ1v) is 7.56. The summed E-state index contributed by atoms with van der Waals surface area (Å²) in [4.78, 5) is 12.6. The fraction of sp³-hybridized carbons (Fsp3) is 0.389. The van der Waals surface area contributed by atoms with Crippen molar-refractivity contribution in [1.82, 2.24) is 9.88 Å². The standard InChI is InChI=1S/C18H24N2O/c1-5-14-6-8-15(9-7-14)17-11-10-16(12-19-4)18(21)20(17)13(2)3/h6-11,13,19H,5,12H2,1-4H3. The Hall–Kier alpha value is -1.87. The molecule has 0 aliphatic heterocycles. The fourth-order valence-corrected chi connectivity index (χ4v) is 2.58. The number of nitrogens with one attached hydrogen (secondary N) is 1. The molecule has 0 fully saturated rings. The molecule has 0 unspecified atom stereocenters. The van der Waals surface area contributed by atoms with Gasteiger partial charge in [0.1, 0.15) is 0 Å². The zero-order chi connectivity index (χ0) is 15.4. The minimum Gasteiger partial charge on any atom is -0.315 e. The molecule has 3 heteroatoms. The quantitative estimate of drug-likeness (QED) is 0.913. The van der Waals surface area contributed by atoms with E-state index in [1.165, 1.54) is 5.56 Å². The van der Waals surface area contributed by atoms with Gasteiger partial charge in [-0.3, -0.25) is 4.79 Å². The van der Waals surface area contributed by atoms with Crippen LogP contribution in [0.2, 0.25) is 0 Å². The predicted molar refractivity (Wildman–Crippen MR) is 88.7 cm³/mol. The van der Waals surface area contributed by atoms with Gasteiger partial charge in [-0.05, 0) is 44.5 Å². The molecule has 0 saturated carbocycles. The Morgan fingerprint density at radius 2 is 1.76 bits per heavy atom. The molecule has 1 N–H and O–H groups in total. The van der Waals surface area contributed by atoms with Crippen LogP contribution in [0.1, 0.15) is 37.9 Å². The van der Waals surface area contributed by atoms with E-state index in [9.17, 15) is 4.79 Å². The number of aryl methyl sites for hydroxylation is 1. The summed E-state index contributed by atoms with van der Waals surface area (Å²) in [6.07, 6.45) is 1.03. The summed E-state index contributed by atoms with van der Waals surface area (Å²) in [6, 6.07) is 12.6. The average Bonchev–Trinajstić information content (AvgIpc) is 2.49. The maximum absolute atomic E-state index is 12.6. The summed E-state index contributed by atoms with van der Waals surface area (Å²) < 4.78 is 1.88. The van der Waals surface area contributed by atoms with Crippen LogP contribution < -0.4 is 10.9 Å². The van der Waals surface area contributed by atoms with Crippen LogP contribution in [0.15, 0.2) is 41.2 Å². The van der Waals surface area contributed by atoms with Crippen LogP contribution in [0.25, 0.3) is 11.3 Å². The maximum atomic E-state index is 12.6. The van der Waals surface area contributed by atoms with Gasteiger partial charge in [-0.2, -0.15) is 0 Å². The van der Waals surface area contributed by atoms with Crippen molar-refractivity contribution in [3.8, 4) is 11.3 Å². The smallest absolute Gasteiger partial charge is 0.255 e. The second-order valence-electron chi connectivity index (χ2n) is 5.59. The molecule has 0 aliphatic carbocycles. The van der Waals surface area contributed by atoms with Crippen molar-refractivity contribution in [3.63, 3.8) is 0 Å². The summed E-state index contributed by atoms with van der Waals surface area (Å²) in [5, 5.41) is 3.05. The molecule has 0 spiro atoms. The molecular formula is C18H24N2O. The fourth-order valence-electron chi connectivity index (χ4n) is 2.58. The van der Waals surface area contributed by atoms with Gasteiger partial charge in [-0.25, -0.2) is 0 Å². The van der Waals surface area contributed by atoms with E-state index in [-0.39, 0.29) is 11.6 Å². The molecule has 3 nitrogen and oxygen atoms in total. The molecule has 0 aliphatic rings. The third-order valence-corrected chi connectivity index (χ3v) is 3.74. The zero-order valence-electron chi connectivity index (χ0n) is 13.3. The van der Waals surface area contributed by atoms with Crippen LogP contribution in [0.5, 0.6) is 0 Å². The van der Waals surface area contributed by atoms with Gasteiger partial charge in [0.2, 0.25) is 0 Å². The van der Waals surface area contributed by atoms with Gasteiger partial charge < -0.3 is 9.88 Å². The van der Waals surface area contributed by atoms with E-state index in [2.05, 4.69) is 56.4 Å². The molecular weight excluding hydrogens is 260 g/mol. The third-order valence-electron chi connectivity index (χ3n) is 3.74. The predicted octanol–water partition coefficient (Wildman–Crippen LogP) is 3.38. The first-order chi connectivity index (χ1) is 10.1. The van der Waals surface area contributed by atoms with Crippen molar-refractivity contribution in [3.05, 3.63) is 57.9 Å². The number of aromatic nitrogens is 1.